The molecule has 2 rings (SSSR count). The van der Waals surface area contributed by atoms with Gasteiger partial charge in [0.05, 0.1) is 23.4 Å². The molecule has 1 aromatic heterocycles. The summed E-state index contributed by atoms with van der Waals surface area (Å²) in [5.74, 6) is 0.130. The molecule has 0 unspecified atom stereocenters. The third-order valence-corrected chi connectivity index (χ3v) is 2.65. The number of carbonyl (C=O) groups is 1. The second-order valence-corrected chi connectivity index (χ2v) is 3.93. The predicted molar refractivity (Wildman–Crippen MR) is 70.3 cm³/mol. The molecule has 1 N–H and O–H groups in total. The number of anilines is 2. The third kappa shape index (κ3) is 2.78. The van der Waals surface area contributed by atoms with Crippen molar-refractivity contribution in [1.82, 2.24) is 4.98 Å². The first-order chi connectivity index (χ1) is 8.70. The van der Waals surface area contributed by atoms with Crippen molar-refractivity contribution in [1.29, 1.82) is 0 Å². The Morgan fingerprint density at radius 3 is 2.83 bits per heavy atom. The van der Waals surface area contributed by atoms with Crippen molar-refractivity contribution >= 4 is 29.1 Å². The van der Waals surface area contributed by atoms with Gasteiger partial charge in [-0.15, -0.1) is 0 Å². The van der Waals surface area contributed by atoms with Crippen molar-refractivity contribution in [3.05, 3.63) is 53.2 Å². The summed E-state index contributed by atoms with van der Waals surface area (Å²) >= 11 is 6.02. The van der Waals surface area contributed by atoms with Crippen molar-refractivity contribution in [2.75, 3.05) is 12.4 Å². The Labute approximate surface area is 110 Å². The molecular formula is C13H11ClN2O2. The van der Waals surface area contributed by atoms with Gasteiger partial charge in [-0.1, -0.05) is 23.7 Å². The minimum absolute atomic E-state index is 0.403. The SMILES string of the molecule is COC(=O)c1ccnc(Nc2ccccc2Cl)c1. The molecule has 2 aromatic rings. The number of nitrogens with one attached hydrogen (secondary N) is 1. The fraction of sp³-hybridized carbons (Fsp3) is 0.0769. The topological polar surface area (TPSA) is 51.2 Å². The second kappa shape index (κ2) is 5.51. The van der Waals surface area contributed by atoms with Crippen LogP contribution in [0.25, 0.3) is 0 Å². The molecule has 0 saturated carbocycles. The number of ether oxygens (including phenoxy) is 1. The van der Waals surface area contributed by atoms with Gasteiger partial charge in [0.15, 0.2) is 0 Å². The summed E-state index contributed by atoms with van der Waals surface area (Å²) in [5.41, 5.74) is 1.16. The van der Waals surface area contributed by atoms with Crippen LogP contribution < -0.4 is 5.32 Å². The molecule has 0 amide bonds. The van der Waals surface area contributed by atoms with Crippen LogP contribution in [0.3, 0.4) is 0 Å². The van der Waals surface area contributed by atoms with Gasteiger partial charge in [0.25, 0.3) is 0 Å². The monoisotopic (exact) mass is 262 g/mol. The summed E-state index contributed by atoms with van der Waals surface area (Å²) in [6, 6.07) is 10.5. The zero-order valence-electron chi connectivity index (χ0n) is 9.68. The number of hydrogen-bond acceptors (Lipinski definition) is 4. The van der Waals surface area contributed by atoms with Crippen LogP contribution in [0.2, 0.25) is 5.02 Å². The van der Waals surface area contributed by atoms with Crippen molar-refractivity contribution in [2.24, 2.45) is 0 Å². The highest BCUT2D eigenvalue weighted by Gasteiger charge is 2.07. The molecule has 92 valence electrons. The van der Waals surface area contributed by atoms with Gasteiger partial charge < -0.3 is 10.1 Å². The van der Waals surface area contributed by atoms with Crippen LogP contribution in [-0.2, 0) is 4.74 Å². The number of halogens is 1. The van der Waals surface area contributed by atoms with Gasteiger partial charge in [-0.25, -0.2) is 9.78 Å². The average molecular weight is 263 g/mol. The van der Waals surface area contributed by atoms with E-state index in [2.05, 4.69) is 15.0 Å². The molecule has 0 aliphatic carbocycles. The van der Waals surface area contributed by atoms with Gasteiger partial charge >= 0.3 is 5.97 Å². The van der Waals surface area contributed by atoms with Crippen LogP contribution >= 0.6 is 11.6 Å². The van der Waals surface area contributed by atoms with E-state index in [9.17, 15) is 4.79 Å². The first kappa shape index (κ1) is 12.4. The Hall–Kier alpha value is -2.07. The van der Waals surface area contributed by atoms with Crippen LogP contribution in [0.4, 0.5) is 11.5 Å². The zero-order valence-corrected chi connectivity index (χ0v) is 10.4. The summed E-state index contributed by atoms with van der Waals surface area (Å²) in [6.45, 7) is 0. The Kier molecular flexibility index (Phi) is 3.79. The lowest BCUT2D eigenvalue weighted by Crippen LogP contribution is -2.03. The fourth-order valence-corrected chi connectivity index (χ4v) is 1.63. The number of hydrogen-bond donors (Lipinski definition) is 1. The van der Waals surface area contributed by atoms with E-state index >= 15 is 0 Å². The third-order valence-electron chi connectivity index (χ3n) is 2.32. The van der Waals surface area contributed by atoms with Gasteiger partial charge in [0, 0.05) is 6.20 Å². The zero-order chi connectivity index (χ0) is 13.0. The van der Waals surface area contributed by atoms with Crippen molar-refractivity contribution in [3.8, 4) is 0 Å². The number of methoxy groups -OCH3 is 1. The fourth-order valence-electron chi connectivity index (χ4n) is 1.44. The second-order valence-electron chi connectivity index (χ2n) is 3.53. The number of carbonyl (C=O) groups excluding carboxylic acids is 1. The van der Waals surface area contributed by atoms with Crippen LogP contribution in [0, 0.1) is 0 Å². The molecule has 5 heteroatoms. The largest absolute Gasteiger partial charge is 0.465 e. The summed E-state index contributed by atoms with van der Waals surface area (Å²) in [5, 5.41) is 3.63. The molecule has 18 heavy (non-hydrogen) atoms. The normalized spacial score (nSPS) is 9.89. The van der Waals surface area contributed by atoms with Gasteiger partial charge in [-0.2, -0.15) is 0 Å². The first-order valence-corrected chi connectivity index (χ1v) is 5.64. The quantitative estimate of drug-likeness (QED) is 0.863. The van der Waals surface area contributed by atoms with Gasteiger partial charge in [0.1, 0.15) is 5.82 Å². The molecule has 1 heterocycles. The minimum Gasteiger partial charge on any atom is -0.465 e. The van der Waals surface area contributed by atoms with Crippen LogP contribution in [0.15, 0.2) is 42.6 Å². The van der Waals surface area contributed by atoms with E-state index in [4.69, 9.17) is 11.6 Å². The van der Waals surface area contributed by atoms with Gasteiger partial charge in [-0.3, -0.25) is 0 Å². The summed E-state index contributed by atoms with van der Waals surface area (Å²) in [7, 11) is 1.34. The molecular weight excluding hydrogens is 252 g/mol. The van der Waals surface area contributed by atoms with E-state index in [1.54, 1.807) is 18.2 Å². The number of rotatable bonds is 3. The number of para-hydroxylation sites is 1. The van der Waals surface area contributed by atoms with Crippen LogP contribution in [-0.4, -0.2) is 18.1 Å². The Bertz CT molecular complexity index is 572. The average Bonchev–Trinajstić information content (AvgIpc) is 2.41. The lowest BCUT2D eigenvalue weighted by Gasteiger charge is -2.08. The molecule has 0 aliphatic heterocycles. The standard InChI is InChI=1S/C13H11ClN2O2/c1-18-13(17)9-6-7-15-12(8-9)16-11-5-3-2-4-10(11)14/h2-8H,1H3,(H,15,16). The summed E-state index contributed by atoms with van der Waals surface area (Å²) < 4.78 is 4.64. The summed E-state index contributed by atoms with van der Waals surface area (Å²) in [6.07, 6.45) is 1.53. The summed E-state index contributed by atoms with van der Waals surface area (Å²) in [4.78, 5) is 15.5. The highest BCUT2D eigenvalue weighted by Crippen LogP contribution is 2.24. The van der Waals surface area contributed by atoms with Crippen molar-refractivity contribution < 1.29 is 9.53 Å². The van der Waals surface area contributed by atoms with E-state index in [0.29, 0.717) is 16.4 Å². The molecule has 0 saturated heterocycles. The van der Waals surface area contributed by atoms with Crippen LogP contribution in [0.1, 0.15) is 10.4 Å². The number of aromatic nitrogens is 1. The first-order valence-electron chi connectivity index (χ1n) is 5.26. The molecule has 0 bridgehead atoms. The highest BCUT2D eigenvalue weighted by atomic mass is 35.5. The molecule has 1 aromatic carbocycles. The molecule has 0 spiro atoms. The van der Waals surface area contributed by atoms with E-state index < -0.39 is 5.97 Å². The van der Waals surface area contributed by atoms with Gasteiger partial charge in [-0.05, 0) is 24.3 Å². The lowest BCUT2D eigenvalue weighted by molar-refractivity contribution is 0.0600. The van der Waals surface area contributed by atoms with E-state index in [1.807, 2.05) is 18.2 Å². The number of nitrogens with zero attached hydrogens (tertiary/aromatic N) is 1. The maximum atomic E-state index is 11.4. The van der Waals surface area contributed by atoms with Crippen LogP contribution in [0.5, 0.6) is 0 Å². The van der Waals surface area contributed by atoms with Crippen molar-refractivity contribution in [2.45, 2.75) is 0 Å². The van der Waals surface area contributed by atoms with Crippen molar-refractivity contribution in [3.63, 3.8) is 0 Å². The number of esters is 1. The molecule has 4 nitrogen and oxygen atoms in total. The Morgan fingerprint density at radius 2 is 2.11 bits per heavy atom. The molecule has 0 atom stereocenters. The molecule has 0 aliphatic rings. The minimum atomic E-state index is -0.403. The Morgan fingerprint density at radius 1 is 1.33 bits per heavy atom. The highest BCUT2D eigenvalue weighted by molar-refractivity contribution is 6.33. The maximum Gasteiger partial charge on any atom is 0.338 e. The van der Waals surface area contributed by atoms with Gasteiger partial charge in [0.2, 0.25) is 0 Å². The Balaban J connectivity index is 2.25. The smallest absolute Gasteiger partial charge is 0.338 e. The molecule has 0 fully saturated rings. The lowest BCUT2D eigenvalue weighted by atomic mass is 10.2. The number of pyridine rings is 1. The maximum absolute atomic E-state index is 11.4. The van der Waals surface area contributed by atoms with E-state index in [-0.39, 0.29) is 0 Å². The predicted octanol–water partition coefficient (Wildman–Crippen LogP) is 3.27. The molecule has 0 radical (unpaired) electrons. The van der Waals surface area contributed by atoms with E-state index in [1.165, 1.54) is 13.3 Å². The number of benzene rings is 1. The van der Waals surface area contributed by atoms with E-state index in [0.717, 1.165) is 5.69 Å².